The molecule has 0 saturated carbocycles. The van der Waals surface area contributed by atoms with Crippen LogP contribution in [0.2, 0.25) is 0 Å². The van der Waals surface area contributed by atoms with Crippen LogP contribution in [0.15, 0.2) is 41.0 Å². The van der Waals surface area contributed by atoms with E-state index in [9.17, 15) is 4.79 Å². The number of nitrogens with zero attached hydrogens (tertiary/aromatic N) is 1. The predicted molar refractivity (Wildman–Crippen MR) is 88.5 cm³/mol. The van der Waals surface area contributed by atoms with Gasteiger partial charge in [-0.1, -0.05) is 6.92 Å². The van der Waals surface area contributed by atoms with Gasteiger partial charge in [-0.3, -0.25) is 4.79 Å². The third kappa shape index (κ3) is 3.16. The van der Waals surface area contributed by atoms with Crippen molar-refractivity contribution >= 4 is 17.3 Å². The van der Waals surface area contributed by atoms with Crippen molar-refractivity contribution in [1.82, 2.24) is 0 Å². The number of amides is 1. The topological polar surface area (TPSA) is 45.5 Å². The molecule has 1 N–H and O–H groups in total. The Labute approximate surface area is 131 Å². The number of piperidine rings is 1. The molecule has 2 aromatic rings. The zero-order chi connectivity index (χ0) is 15.5. The Morgan fingerprint density at radius 3 is 2.45 bits per heavy atom. The van der Waals surface area contributed by atoms with Gasteiger partial charge in [-0.05, 0) is 56.0 Å². The van der Waals surface area contributed by atoms with Gasteiger partial charge in [0.1, 0.15) is 5.76 Å². The summed E-state index contributed by atoms with van der Waals surface area (Å²) in [6.07, 6.45) is 4.03. The highest BCUT2D eigenvalue weighted by atomic mass is 16.3. The van der Waals surface area contributed by atoms with Crippen LogP contribution < -0.4 is 10.2 Å². The lowest BCUT2D eigenvalue weighted by Gasteiger charge is -2.32. The summed E-state index contributed by atoms with van der Waals surface area (Å²) >= 11 is 0. The number of nitrogens with one attached hydrogen (secondary N) is 1. The van der Waals surface area contributed by atoms with Crippen LogP contribution >= 0.6 is 0 Å². The standard InChI is InChI=1S/C18H22N2O2/c1-13-7-10-20(11-8-13)16-5-3-15(4-6-16)19-18(21)17-9-12-22-14(17)2/h3-6,9,12-13H,7-8,10-11H2,1-2H3,(H,19,21). The summed E-state index contributed by atoms with van der Waals surface area (Å²) in [4.78, 5) is 14.5. The Balaban J connectivity index is 1.64. The molecule has 0 aliphatic carbocycles. The summed E-state index contributed by atoms with van der Waals surface area (Å²) in [6.45, 7) is 6.32. The van der Waals surface area contributed by atoms with E-state index in [0.29, 0.717) is 11.3 Å². The lowest BCUT2D eigenvalue weighted by Crippen LogP contribution is -2.32. The molecule has 1 aromatic carbocycles. The number of rotatable bonds is 3. The smallest absolute Gasteiger partial charge is 0.259 e. The highest BCUT2D eigenvalue weighted by Crippen LogP contribution is 2.24. The quantitative estimate of drug-likeness (QED) is 0.928. The molecule has 1 aliphatic heterocycles. The summed E-state index contributed by atoms with van der Waals surface area (Å²) in [5, 5.41) is 2.90. The lowest BCUT2D eigenvalue weighted by molar-refractivity contribution is 0.102. The van der Waals surface area contributed by atoms with Crippen LogP contribution in [-0.4, -0.2) is 19.0 Å². The second-order valence-corrected chi connectivity index (χ2v) is 6.06. The molecule has 0 atom stereocenters. The SMILES string of the molecule is Cc1occc1C(=O)Nc1ccc(N2CCC(C)CC2)cc1. The molecule has 1 aliphatic rings. The van der Waals surface area contributed by atoms with Crippen LogP contribution in [0.5, 0.6) is 0 Å². The molecule has 116 valence electrons. The molecule has 1 saturated heterocycles. The largest absolute Gasteiger partial charge is 0.469 e. The molecular formula is C18H22N2O2. The van der Waals surface area contributed by atoms with Crippen molar-refractivity contribution in [3.8, 4) is 0 Å². The van der Waals surface area contributed by atoms with Gasteiger partial charge < -0.3 is 14.6 Å². The van der Waals surface area contributed by atoms with Gasteiger partial charge in [0.25, 0.3) is 5.91 Å². The number of hydrogen-bond donors (Lipinski definition) is 1. The van der Waals surface area contributed by atoms with E-state index in [-0.39, 0.29) is 5.91 Å². The first-order valence-electron chi connectivity index (χ1n) is 7.84. The van der Waals surface area contributed by atoms with Gasteiger partial charge in [0.15, 0.2) is 0 Å². The summed E-state index contributed by atoms with van der Waals surface area (Å²) in [5.74, 6) is 1.33. The van der Waals surface area contributed by atoms with Crippen LogP contribution in [0.4, 0.5) is 11.4 Å². The van der Waals surface area contributed by atoms with E-state index >= 15 is 0 Å². The van der Waals surface area contributed by atoms with Gasteiger partial charge in [-0.2, -0.15) is 0 Å². The van der Waals surface area contributed by atoms with Gasteiger partial charge in [0, 0.05) is 24.5 Å². The molecule has 22 heavy (non-hydrogen) atoms. The van der Waals surface area contributed by atoms with Gasteiger partial charge >= 0.3 is 0 Å². The Morgan fingerprint density at radius 1 is 1.18 bits per heavy atom. The average Bonchev–Trinajstić information content (AvgIpc) is 2.95. The number of aryl methyl sites for hydroxylation is 1. The van der Waals surface area contributed by atoms with Crippen molar-refractivity contribution in [2.75, 3.05) is 23.3 Å². The minimum atomic E-state index is -0.134. The van der Waals surface area contributed by atoms with Crippen molar-refractivity contribution in [2.45, 2.75) is 26.7 Å². The highest BCUT2D eigenvalue weighted by molar-refractivity contribution is 6.04. The van der Waals surface area contributed by atoms with E-state index in [1.54, 1.807) is 13.0 Å². The molecule has 3 rings (SSSR count). The van der Waals surface area contributed by atoms with E-state index in [0.717, 1.165) is 24.7 Å². The molecule has 1 amide bonds. The first kappa shape index (κ1) is 14.7. The summed E-state index contributed by atoms with van der Waals surface area (Å²) in [7, 11) is 0. The summed E-state index contributed by atoms with van der Waals surface area (Å²) < 4.78 is 5.16. The maximum absolute atomic E-state index is 12.1. The van der Waals surface area contributed by atoms with Crippen molar-refractivity contribution in [1.29, 1.82) is 0 Å². The van der Waals surface area contributed by atoms with E-state index in [4.69, 9.17) is 4.42 Å². The van der Waals surface area contributed by atoms with Crippen LogP contribution in [0, 0.1) is 12.8 Å². The monoisotopic (exact) mass is 298 g/mol. The molecule has 0 bridgehead atoms. The Morgan fingerprint density at radius 2 is 1.86 bits per heavy atom. The number of anilines is 2. The molecule has 4 nitrogen and oxygen atoms in total. The van der Waals surface area contributed by atoms with Crippen molar-refractivity contribution in [3.63, 3.8) is 0 Å². The van der Waals surface area contributed by atoms with Crippen molar-refractivity contribution < 1.29 is 9.21 Å². The van der Waals surface area contributed by atoms with E-state index in [1.807, 2.05) is 12.1 Å². The molecule has 0 unspecified atom stereocenters. The molecule has 4 heteroatoms. The van der Waals surface area contributed by atoms with Crippen molar-refractivity contribution in [2.24, 2.45) is 5.92 Å². The fraction of sp³-hybridized carbons (Fsp3) is 0.389. The zero-order valence-electron chi connectivity index (χ0n) is 13.1. The first-order valence-corrected chi connectivity index (χ1v) is 7.84. The Kier molecular flexibility index (Phi) is 4.18. The van der Waals surface area contributed by atoms with E-state index in [2.05, 4.69) is 29.3 Å². The number of hydrogen-bond acceptors (Lipinski definition) is 3. The maximum atomic E-state index is 12.1. The highest BCUT2D eigenvalue weighted by Gasteiger charge is 2.16. The number of carbonyl (C=O) groups excluding carboxylic acids is 1. The molecule has 0 radical (unpaired) electrons. The predicted octanol–water partition coefficient (Wildman–Crippen LogP) is 4.08. The van der Waals surface area contributed by atoms with Crippen LogP contribution in [0.25, 0.3) is 0 Å². The van der Waals surface area contributed by atoms with Crippen LogP contribution in [-0.2, 0) is 0 Å². The number of carbonyl (C=O) groups is 1. The Bertz CT molecular complexity index is 637. The lowest BCUT2D eigenvalue weighted by atomic mass is 9.99. The molecule has 0 spiro atoms. The Hall–Kier alpha value is -2.23. The molecule has 2 heterocycles. The summed E-state index contributed by atoms with van der Waals surface area (Å²) in [6, 6.07) is 9.76. The normalized spacial score (nSPS) is 15.8. The minimum Gasteiger partial charge on any atom is -0.469 e. The third-order valence-corrected chi connectivity index (χ3v) is 4.38. The first-order chi connectivity index (χ1) is 10.6. The number of benzene rings is 1. The van der Waals surface area contributed by atoms with Gasteiger partial charge in [0.2, 0.25) is 0 Å². The summed E-state index contributed by atoms with van der Waals surface area (Å²) in [5.41, 5.74) is 2.61. The van der Waals surface area contributed by atoms with Gasteiger partial charge in [-0.25, -0.2) is 0 Å². The molecular weight excluding hydrogens is 276 g/mol. The maximum Gasteiger partial charge on any atom is 0.259 e. The van der Waals surface area contributed by atoms with Gasteiger partial charge in [-0.15, -0.1) is 0 Å². The second-order valence-electron chi connectivity index (χ2n) is 6.06. The minimum absolute atomic E-state index is 0.134. The van der Waals surface area contributed by atoms with Crippen molar-refractivity contribution in [3.05, 3.63) is 47.9 Å². The average molecular weight is 298 g/mol. The van der Waals surface area contributed by atoms with Crippen LogP contribution in [0.3, 0.4) is 0 Å². The fourth-order valence-corrected chi connectivity index (χ4v) is 2.84. The second kappa shape index (κ2) is 6.26. The zero-order valence-corrected chi connectivity index (χ0v) is 13.1. The van der Waals surface area contributed by atoms with Crippen LogP contribution in [0.1, 0.15) is 35.9 Å². The van der Waals surface area contributed by atoms with Gasteiger partial charge in [0.05, 0.1) is 11.8 Å². The third-order valence-electron chi connectivity index (χ3n) is 4.38. The molecule has 1 aromatic heterocycles. The molecule has 1 fully saturated rings. The van der Waals surface area contributed by atoms with E-state index < -0.39 is 0 Å². The van der Waals surface area contributed by atoms with E-state index in [1.165, 1.54) is 24.8 Å². The number of furan rings is 1. The fourth-order valence-electron chi connectivity index (χ4n) is 2.84.